The van der Waals surface area contributed by atoms with Crippen LogP contribution in [0.1, 0.15) is 33.6 Å². The summed E-state index contributed by atoms with van der Waals surface area (Å²) in [6, 6.07) is -1.24. The molecule has 1 saturated heterocycles. The smallest absolute Gasteiger partial charge is 0.326 e. The lowest BCUT2D eigenvalue weighted by atomic mass is 10.0. The Kier molecular flexibility index (Phi) is 5.31. The number of carboxylic acid groups (broad SMARTS) is 1. The molecular formula is C12H22N2O3S. The summed E-state index contributed by atoms with van der Waals surface area (Å²) in [7, 11) is 0. The Morgan fingerprint density at radius 1 is 1.44 bits per heavy atom. The van der Waals surface area contributed by atoms with Crippen LogP contribution in [0.5, 0.6) is 0 Å². The van der Waals surface area contributed by atoms with E-state index < -0.39 is 18.0 Å². The highest BCUT2D eigenvalue weighted by Gasteiger charge is 2.30. The van der Waals surface area contributed by atoms with Gasteiger partial charge in [0.05, 0.1) is 0 Å². The lowest BCUT2D eigenvalue weighted by Gasteiger charge is -2.24. The molecule has 1 aliphatic rings. The third kappa shape index (κ3) is 4.40. The predicted molar refractivity (Wildman–Crippen MR) is 72.9 cm³/mol. The first-order valence-corrected chi connectivity index (χ1v) is 7.24. The maximum atomic E-state index is 11.7. The molecule has 2 atom stereocenters. The van der Waals surface area contributed by atoms with Crippen molar-refractivity contribution in [2.45, 2.75) is 44.4 Å². The maximum Gasteiger partial charge on any atom is 0.326 e. The average molecular weight is 274 g/mol. The second kappa shape index (κ2) is 6.31. The van der Waals surface area contributed by atoms with E-state index in [0.29, 0.717) is 6.54 Å². The molecule has 5 nitrogen and oxygen atoms in total. The topological polar surface area (TPSA) is 78.4 Å². The number of carbonyl (C=O) groups is 2. The Balaban J connectivity index is 2.38. The Morgan fingerprint density at radius 2 is 2.11 bits per heavy atom. The van der Waals surface area contributed by atoms with E-state index in [2.05, 4.69) is 17.6 Å². The fourth-order valence-corrected chi connectivity index (χ4v) is 3.19. The molecule has 0 aromatic heterocycles. The molecule has 1 fully saturated rings. The minimum absolute atomic E-state index is 0.0912. The molecule has 6 heteroatoms. The Labute approximate surface area is 112 Å². The summed E-state index contributed by atoms with van der Waals surface area (Å²) in [5, 5.41) is 14.2. The predicted octanol–water partition coefficient (Wildman–Crippen LogP) is 1.68. The zero-order chi connectivity index (χ0) is 13.8. The second-order valence-electron chi connectivity index (χ2n) is 5.29. The molecule has 0 spiro atoms. The number of amides is 2. The summed E-state index contributed by atoms with van der Waals surface area (Å²) < 4.78 is 0.0912. The monoisotopic (exact) mass is 274 g/mol. The van der Waals surface area contributed by atoms with E-state index in [1.54, 1.807) is 13.8 Å². The molecule has 0 aromatic carbocycles. The van der Waals surface area contributed by atoms with Crippen LogP contribution >= 0.6 is 11.8 Å². The van der Waals surface area contributed by atoms with Crippen LogP contribution < -0.4 is 10.6 Å². The van der Waals surface area contributed by atoms with Gasteiger partial charge in [0.25, 0.3) is 0 Å². The fourth-order valence-electron chi connectivity index (χ4n) is 1.95. The van der Waals surface area contributed by atoms with Crippen molar-refractivity contribution in [2.24, 2.45) is 5.92 Å². The summed E-state index contributed by atoms with van der Waals surface area (Å²) in [4.78, 5) is 22.6. The summed E-state index contributed by atoms with van der Waals surface area (Å²) >= 11 is 1.86. The first-order valence-electron chi connectivity index (χ1n) is 6.25. The molecular weight excluding hydrogens is 252 g/mol. The highest BCUT2D eigenvalue weighted by atomic mass is 32.2. The van der Waals surface area contributed by atoms with E-state index in [0.717, 1.165) is 12.2 Å². The largest absolute Gasteiger partial charge is 0.480 e. The SMILES string of the molecule is CC(C)[C@H](NC(=O)NCC1(C)CCCS1)C(=O)O. The summed E-state index contributed by atoms with van der Waals surface area (Å²) in [6.07, 6.45) is 2.26. The normalized spacial score (nSPS) is 24.9. The van der Waals surface area contributed by atoms with Gasteiger partial charge in [0.1, 0.15) is 6.04 Å². The van der Waals surface area contributed by atoms with Crippen molar-refractivity contribution < 1.29 is 14.7 Å². The molecule has 1 aliphatic heterocycles. The van der Waals surface area contributed by atoms with Gasteiger partial charge in [0.2, 0.25) is 0 Å². The van der Waals surface area contributed by atoms with Gasteiger partial charge in [0.15, 0.2) is 0 Å². The number of nitrogens with one attached hydrogen (secondary N) is 2. The molecule has 0 aliphatic carbocycles. The van der Waals surface area contributed by atoms with Crippen LogP contribution in [-0.2, 0) is 4.79 Å². The molecule has 1 heterocycles. The van der Waals surface area contributed by atoms with E-state index in [4.69, 9.17) is 5.11 Å². The van der Waals surface area contributed by atoms with E-state index in [1.807, 2.05) is 11.8 Å². The quantitative estimate of drug-likeness (QED) is 0.713. The van der Waals surface area contributed by atoms with Gasteiger partial charge in [0, 0.05) is 11.3 Å². The van der Waals surface area contributed by atoms with Crippen LogP contribution in [-0.4, -0.2) is 40.2 Å². The third-order valence-electron chi connectivity index (χ3n) is 3.14. The molecule has 1 unspecified atom stereocenters. The fraction of sp³-hybridized carbons (Fsp3) is 0.833. The van der Waals surface area contributed by atoms with Crippen molar-refractivity contribution in [3.05, 3.63) is 0 Å². The molecule has 3 N–H and O–H groups in total. The molecule has 0 aromatic rings. The van der Waals surface area contributed by atoms with Gasteiger partial charge in [-0.3, -0.25) is 0 Å². The number of carbonyl (C=O) groups excluding carboxylic acids is 1. The van der Waals surface area contributed by atoms with Gasteiger partial charge in [-0.05, 0) is 31.4 Å². The first-order chi connectivity index (χ1) is 8.34. The molecule has 0 saturated carbocycles. The Hall–Kier alpha value is -0.910. The highest BCUT2D eigenvalue weighted by Crippen LogP contribution is 2.36. The van der Waals surface area contributed by atoms with Gasteiger partial charge in [-0.2, -0.15) is 11.8 Å². The standard InChI is InChI=1S/C12H22N2O3S/c1-8(2)9(10(15)16)14-11(17)13-7-12(3)5-4-6-18-12/h8-9H,4-7H2,1-3H3,(H,15,16)(H2,13,14,17)/t9-,12?/m0/s1. The number of rotatable bonds is 5. The minimum atomic E-state index is -0.999. The van der Waals surface area contributed by atoms with Crippen LogP contribution in [0.4, 0.5) is 4.79 Å². The number of thioether (sulfide) groups is 1. The zero-order valence-corrected chi connectivity index (χ0v) is 12.0. The molecule has 18 heavy (non-hydrogen) atoms. The summed E-state index contributed by atoms with van der Waals surface area (Å²) in [5.74, 6) is -0.00454. The van der Waals surface area contributed by atoms with Crippen molar-refractivity contribution >= 4 is 23.8 Å². The molecule has 104 valence electrons. The van der Waals surface area contributed by atoms with Crippen molar-refractivity contribution in [2.75, 3.05) is 12.3 Å². The summed E-state index contributed by atoms with van der Waals surface area (Å²) in [5.41, 5.74) is 0. The van der Waals surface area contributed by atoms with Gasteiger partial charge in [-0.25, -0.2) is 9.59 Å². The Bertz CT molecular complexity index is 314. The van der Waals surface area contributed by atoms with Crippen LogP contribution in [0, 0.1) is 5.92 Å². The van der Waals surface area contributed by atoms with Gasteiger partial charge in [-0.1, -0.05) is 13.8 Å². The van der Waals surface area contributed by atoms with Crippen LogP contribution in [0.25, 0.3) is 0 Å². The third-order valence-corrected chi connectivity index (χ3v) is 4.68. The highest BCUT2D eigenvalue weighted by molar-refractivity contribution is 8.00. The van der Waals surface area contributed by atoms with E-state index in [-0.39, 0.29) is 10.7 Å². The molecule has 1 rings (SSSR count). The number of hydrogen-bond acceptors (Lipinski definition) is 3. The van der Waals surface area contributed by atoms with Crippen molar-refractivity contribution in [1.29, 1.82) is 0 Å². The second-order valence-corrected chi connectivity index (χ2v) is 6.97. The van der Waals surface area contributed by atoms with Crippen LogP contribution in [0.2, 0.25) is 0 Å². The number of hydrogen-bond donors (Lipinski definition) is 3. The van der Waals surface area contributed by atoms with Crippen molar-refractivity contribution in [3.8, 4) is 0 Å². The Morgan fingerprint density at radius 3 is 2.56 bits per heavy atom. The molecule has 0 radical (unpaired) electrons. The number of carboxylic acids is 1. The lowest BCUT2D eigenvalue weighted by molar-refractivity contribution is -0.140. The first kappa shape index (κ1) is 15.1. The van der Waals surface area contributed by atoms with Crippen molar-refractivity contribution in [3.63, 3.8) is 0 Å². The molecule has 2 amide bonds. The maximum absolute atomic E-state index is 11.7. The van der Waals surface area contributed by atoms with Crippen LogP contribution in [0.3, 0.4) is 0 Å². The summed E-state index contributed by atoms with van der Waals surface area (Å²) in [6.45, 7) is 6.25. The van der Waals surface area contributed by atoms with E-state index >= 15 is 0 Å². The van der Waals surface area contributed by atoms with E-state index in [9.17, 15) is 9.59 Å². The average Bonchev–Trinajstić information content (AvgIpc) is 2.70. The lowest BCUT2D eigenvalue weighted by Crippen LogP contribution is -2.50. The number of aliphatic carboxylic acids is 1. The van der Waals surface area contributed by atoms with Crippen molar-refractivity contribution in [1.82, 2.24) is 10.6 Å². The minimum Gasteiger partial charge on any atom is -0.480 e. The zero-order valence-electron chi connectivity index (χ0n) is 11.2. The van der Waals surface area contributed by atoms with Gasteiger partial charge < -0.3 is 15.7 Å². The van der Waals surface area contributed by atoms with E-state index in [1.165, 1.54) is 6.42 Å². The van der Waals surface area contributed by atoms with Gasteiger partial charge in [-0.15, -0.1) is 0 Å². The van der Waals surface area contributed by atoms with Crippen LogP contribution in [0.15, 0.2) is 0 Å². The molecule has 0 bridgehead atoms. The number of urea groups is 1. The van der Waals surface area contributed by atoms with Gasteiger partial charge >= 0.3 is 12.0 Å².